The lowest BCUT2D eigenvalue weighted by molar-refractivity contribution is -0.0954. The summed E-state index contributed by atoms with van der Waals surface area (Å²) in [7, 11) is 3.29. The predicted octanol–water partition coefficient (Wildman–Crippen LogP) is 3.75. The lowest BCUT2D eigenvalue weighted by Crippen LogP contribution is -2.43. The number of likely N-dealkylation sites (tertiary alicyclic amines) is 1. The molecule has 2 heterocycles. The van der Waals surface area contributed by atoms with Crippen molar-refractivity contribution in [3.05, 3.63) is 64.8 Å². The molecule has 0 spiro atoms. The maximum Gasteiger partial charge on any atom is 0.419 e. The lowest BCUT2D eigenvalue weighted by atomic mass is 10.0. The Morgan fingerprint density at radius 3 is 2.59 bits per heavy atom. The fourth-order valence-electron chi connectivity index (χ4n) is 4.12. The molecule has 0 bridgehead atoms. The number of alkyl halides is 3. The fourth-order valence-corrected chi connectivity index (χ4v) is 4.12. The van der Waals surface area contributed by atoms with Crippen LogP contribution >= 0.6 is 0 Å². The molecule has 2 aliphatic rings. The van der Waals surface area contributed by atoms with Gasteiger partial charge in [0.25, 0.3) is 5.91 Å². The summed E-state index contributed by atoms with van der Waals surface area (Å²) >= 11 is 0. The fraction of sp³-hybridized carbons (Fsp3) is 0.346. The van der Waals surface area contributed by atoms with Crippen LogP contribution in [0.4, 0.5) is 23.2 Å². The van der Waals surface area contributed by atoms with E-state index in [4.69, 9.17) is 9.47 Å². The number of anilines is 1. The number of hydrogen-bond acceptors (Lipinski definition) is 8. The quantitative estimate of drug-likeness (QED) is 0.474. The summed E-state index contributed by atoms with van der Waals surface area (Å²) in [4.78, 5) is 18.8. The molecular formula is C26H26F4N6O3. The molecule has 0 aliphatic carbocycles. The highest BCUT2D eigenvalue weighted by atomic mass is 19.4. The normalized spacial score (nSPS) is 16.6. The van der Waals surface area contributed by atoms with Gasteiger partial charge >= 0.3 is 6.18 Å². The topological polar surface area (TPSA) is 111 Å². The zero-order valence-electron chi connectivity index (χ0n) is 21.2. The number of ether oxygens (including phenoxy) is 2. The molecule has 0 radical (unpaired) electrons. The smallest absolute Gasteiger partial charge is 0.419 e. The van der Waals surface area contributed by atoms with Gasteiger partial charge in [-0.15, -0.1) is 0 Å². The number of guanidine groups is 1. The van der Waals surface area contributed by atoms with Crippen LogP contribution in [0.2, 0.25) is 0 Å². The minimum absolute atomic E-state index is 0.0179. The first-order valence-corrected chi connectivity index (χ1v) is 12.0. The van der Waals surface area contributed by atoms with Crippen LogP contribution in [-0.2, 0) is 0 Å². The van der Waals surface area contributed by atoms with E-state index in [0.717, 1.165) is 32.0 Å². The Morgan fingerprint density at radius 2 is 1.92 bits per heavy atom. The molecule has 206 valence electrons. The number of carbonyl (C=O) groups excluding carboxylic acids is 1. The van der Waals surface area contributed by atoms with E-state index in [1.165, 1.54) is 31.4 Å². The third-order valence-corrected chi connectivity index (χ3v) is 6.30. The summed E-state index contributed by atoms with van der Waals surface area (Å²) in [5.74, 6) is -2.45. The van der Waals surface area contributed by atoms with Gasteiger partial charge in [-0.05, 0) is 51.2 Å². The molecule has 9 nitrogen and oxygen atoms in total. The van der Waals surface area contributed by atoms with Gasteiger partial charge in [-0.2, -0.15) is 23.4 Å². The van der Waals surface area contributed by atoms with Crippen molar-refractivity contribution in [1.29, 1.82) is 5.26 Å². The second-order valence-electron chi connectivity index (χ2n) is 9.01. The number of aliphatic imine (C=N–C) groups is 1. The maximum absolute atomic E-state index is 15.0. The van der Waals surface area contributed by atoms with Crippen molar-refractivity contribution in [2.24, 2.45) is 4.99 Å². The molecule has 1 fully saturated rings. The van der Waals surface area contributed by atoms with E-state index in [1.54, 1.807) is 6.07 Å². The van der Waals surface area contributed by atoms with Crippen molar-refractivity contribution in [3.63, 3.8) is 0 Å². The van der Waals surface area contributed by atoms with Crippen LogP contribution in [-0.4, -0.2) is 62.8 Å². The molecule has 1 saturated heterocycles. The number of amides is 1. The van der Waals surface area contributed by atoms with Crippen molar-refractivity contribution in [2.45, 2.75) is 25.1 Å². The van der Waals surface area contributed by atoms with Crippen LogP contribution in [0.1, 0.15) is 28.8 Å². The van der Waals surface area contributed by atoms with Crippen LogP contribution in [0.5, 0.6) is 11.5 Å². The summed E-state index contributed by atoms with van der Waals surface area (Å²) < 4.78 is 66.7. The molecule has 0 atom stereocenters. The summed E-state index contributed by atoms with van der Waals surface area (Å²) in [5.41, 5.74) is -1.29. The second kappa shape index (κ2) is 11.6. The molecule has 4 rings (SSSR count). The summed E-state index contributed by atoms with van der Waals surface area (Å²) in [5, 5.41) is 17.3. The van der Waals surface area contributed by atoms with Crippen molar-refractivity contribution in [2.75, 3.05) is 39.1 Å². The lowest BCUT2D eigenvalue weighted by Gasteiger charge is -2.29. The van der Waals surface area contributed by atoms with Gasteiger partial charge < -0.3 is 30.3 Å². The standard InChI is InChI=1S/C26H26F4N6O3/c1-36-9-7-16(8-10-36)33-23(37)17-11-22(38-2)20(12-19(17)27)34-25-32-14-18(26(28,29)30)24(35-25)39-21-6-4-3-5-15(21)13-31/h3-6,11-12,16H,7-10,14H2,1-2H3,(H,33,37)(H2,32,34,35). The van der Waals surface area contributed by atoms with Gasteiger partial charge in [-0.25, -0.2) is 4.39 Å². The van der Waals surface area contributed by atoms with E-state index in [9.17, 15) is 23.2 Å². The Kier molecular flexibility index (Phi) is 8.25. The monoisotopic (exact) mass is 546 g/mol. The molecule has 2 aromatic carbocycles. The third kappa shape index (κ3) is 6.58. The molecule has 0 saturated carbocycles. The largest absolute Gasteiger partial charge is 0.495 e. The number of nitrogens with one attached hydrogen (secondary N) is 3. The number of nitrogens with zero attached hydrogens (tertiary/aromatic N) is 3. The zero-order valence-corrected chi connectivity index (χ0v) is 21.2. The number of benzene rings is 2. The van der Waals surface area contributed by atoms with Gasteiger partial charge in [0.1, 0.15) is 29.0 Å². The number of halogens is 4. The minimum Gasteiger partial charge on any atom is -0.495 e. The van der Waals surface area contributed by atoms with E-state index in [-0.39, 0.29) is 40.3 Å². The van der Waals surface area contributed by atoms with Gasteiger partial charge in [0.2, 0.25) is 11.8 Å². The molecule has 1 amide bonds. The summed E-state index contributed by atoms with van der Waals surface area (Å²) in [6, 6.07) is 9.77. The summed E-state index contributed by atoms with van der Waals surface area (Å²) in [6.07, 6.45) is -3.29. The number of carbonyl (C=O) groups is 1. The first-order chi connectivity index (χ1) is 18.6. The van der Waals surface area contributed by atoms with Crippen molar-refractivity contribution in [1.82, 2.24) is 15.5 Å². The van der Waals surface area contributed by atoms with Gasteiger partial charge in [-0.3, -0.25) is 4.79 Å². The highest BCUT2D eigenvalue weighted by Gasteiger charge is 2.40. The van der Waals surface area contributed by atoms with Crippen molar-refractivity contribution in [3.8, 4) is 17.6 Å². The summed E-state index contributed by atoms with van der Waals surface area (Å²) in [6.45, 7) is 0.918. The number of methoxy groups -OCH3 is 1. The van der Waals surface area contributed by atoms with Crippen LogP contribution < -0.4 is 25.4 Å². The number of rotatable bonds is 6. The van der Waals surface area contributed by atoms with Crippen LogP contribution in [0.15, 0.2) is 52.8 Å². The predicted molar refractivity (Wildman–Crippen MR) is 135 cm³/mol. The number of para-hydroxylation sites is 1. The van der Waals surface area contributed by atoms with Crippen LogP contribution in [0.3, 0.4) is 0 Å². The highest BCUT2D eigenvalue weighted by molar-refractivity contribution is 5.99. The van der Waals surface area contributed by atoms with E-state index >= 15 is 4.39 Å². The molecule has 0 unspecified atom stereocenters. The first kappa shape index (κ1) is 27.7. The van der Waals surface area contributed by atoms with Gasteiger partial charge in [0.05, 0.1) is 30.5 Å². The van der Waals surface area contributed by atoms with Gasteiger partial charge in [-0.1, -0.05) is 12.1 Å². The molecule has 39 heavy (non-hydrogen) atoms. The van der Waals surface area contributed by atoms with Crippen LogP contribution in [0, 0.1) is 17.1 Å². The van der Waals surface area contributed by atoms with E-state index < -0.39 is 35.9 Å². The molecule has 3 N–H and O–H groups in total. The Labute approximate surface area is 222 Å². The van der Waals surface area contributed by atoms with Crippen molar-refractivity contribution >= 4 is 17.6 Å². The average molecular weight is 547 g/mol. The van der Waals surface area contributed by atoms with E-state index in [2.05, 4.69) is 25.8 Å². The molecule has 13 heteroatoms. The molecule has 2 aliphatic heterocycles. The van der Waals surface area contributed by atoms with Gasteiger partial charge in [0, 0.05) is 12.1 Å². The van der Waals surface area contributed by atoms with Gasteiger partial charge in [0.15, 0.2) is 0 Å². The SMILES string of the molecule is COc1cc(C(=O)NC2CCN(C)CC2)c(F)cc1NC1=NC(Oc2ccccc2C#N)=C(C(F)(F)F)CN1. The second-order valence-corrected chi connectivity index (χ2v) is 9.01. The van der Waals surface area contributed by atoms with E-state index in [0.29, 0.717) is 0 Å². The maximum atomic E-state index is 15.0. The third-order valence-electron chi connectivity index (χ3n) is 6.30. The Morgan fingerprint density at radius 1 is 1.21 bits per heavy atom. The molecule has 2 aromatic rings. The van der Waals surface area contributed by atoms with E-state index in [1.807, 2.05) is 13.1 Å². The Balaban J connectivity index is 1.58. The Hall–Kier alpha value is -4.31. The zero-order chi connectivity index (χ0) is 28.2. The molecule has 0 aromatic heterocycles. The molecular weight excluding hydrogens is 520 g/mol. The first-order valence-electron chi connectivity index (χ1n) is 12.0. The number of nitriles is 1. The Bertz CT molecular complexity index is 1340. The minimum atomic E-state index is -4.77. The number of hydrogen-bond donors (Lipinski definition) is 3. The number of piperidine rings is 1. The highest BCUT2D eigenvalue weighted by Crippen LogP contribution is 2.33. The average Bonchev–Trinajstić information content (AvgIpc) is 2.90. The van der Waals surface area contributed by atoms with Crippen molar-refractivity contribution < 1.29 is 31.8 Å². The van der Waals surface area contributed by atoms with Crippen LogP contribution in [0.25, 0.3) is 0 Å².